The van der Waals surface area contributed by atoms with Crippen LogP contribution in [0.1, 0.15) is 25.1 Å². The van der Waals surface area contributed by atoms with Crippen molar-refractivity contribution in [3.8, 4) is 28.7 Å². The molecule has 3 aromatic rings. The molecule has 1 unspecified atom stereocenters. The zero-order valence-electron chi connectivity index (χ0n) is 17.1. The highest BCUT2D eigenvalue weighted by Crippen LogP contribution is 2.36. The Bertz CT molecular complexity index is 1030. The highest BCUT2D eigenvalue weighted by molar-refractivity contribution is 5.96. The lowest BCUT2D eigenvalue weighted by Gasteiger charge is -2.18. The topological polar surface area (TPSA) is 86.9 Å². The van der Waals surface area contributed by atoms with Crippen molar-refractivity contribution < 1.29 is 23.5 Å². The molecule has 0 bridgehead atoms. The molecule has 1 aliphatic heterocycles. The fourth-order valence-electron chi connectivity index (χ4n) is 3.50. The van der Waals surface area contributed by atoms with E-state index < -0.39 is 0 Å². The highest BCUT2D eigenvalue weighted by atomic mass is 16.5. The van der Waals surface area contributed by atoms with E-state index in [9.17, 15) is 4.79 Å². The molecule has 0 aliphatic carbocycles. The summed E-state index contributed by atoms with van der Waals surface area (Å²) in [6.45, 7) is 3.01. The van der Waals surface area contributed by atoms with Crippen molar-refractivity contribution in [1.82, 2.24) is 10.1 Å². The molecule has 156 valence electrons. The molecule has 1 aromatic heterocycles. The lowest BCUT2D eigenvalue weighted by molar-refractivity contribution is -0.117. The highest BCUT2D eigenvalue weighted by Gasteiger charge is 2.35. The van der Waals surface area contributed by atoms with E-state index in [1.54, 1.807) is 31.3 Å². The average molecular weight is 409 g/mol. The number of anilines is 1. The summed E-state index contributed by atoms with van der Waals surface area (Å²) < 4.78 is 21.5. The second kappa shape index (κ2) is 8.44. The van der Waals surface area contributed by atoms with Gasteiger partial charge in [-0.2, -0.15) is 4.98 Å². The molecule has 1 fully saturated rings. The normalized spacial score (nSPS) is 16.0. The maximum atomic E-state index is 12.6. The van der Waals surface area contributed by atoms with Crippen LogP contribution in [-0.4, -0.2) is 43.4 Å². The van der Waals surface area contributed by atoms with Crippen LogP contribution in [0.15, 0.2) is 47.0 Å². The number of ether oxygens (including phenoxy) is 3. The van der Waals surface area contributed by atoms with Gasteiger partial charge in [-0.05, 0) is 43.3 Å². The first kappa shape index (κ1) is 19.8. The monoisotopic (exact) mass is 409 g/mol. The molecule has 0 saturated carbocycles. The molecule has 1 saturated heterocycles. The molecule has 1 atom stereocenters. The second-order valence-electron chi connectivity index (χ2n) is 6.86. The van der Waals surface area contributed by atoms with Gasteiger partial charge < -0.3 is 23.6 Å². The molecule has 30 heavy (non-hydrogen) atoms. The third-order valence-electron chi connectivity index (χ3n) is 5.02. The average Bonchev–Trinajstić information content (AvgIpc) is 3.41. The fraction of sp³-hybridized carbons (Fsp3) is 0.318. The van der Waals surface area contributed by atoms with Gasteiger partial charge >= 0.3 is 0 Å². The third-order valence-corrected chi connectivity index (χ3v) is 5.02. The van der Waals surface area contributed by atoms with Gasteiger partial charge in [-0.1, -0.05) is 5.16 Å². The van der Waals surface area contributed by atoms with Crippen LogP contribution in [0.3, 0.4) is 0 Å². The van der Waals surface area contributed by atoms with E-state index in [0.717, 1.165) is 17.0 Å². The fourth-order valence-corrected chi connectivity index (χ4v) is 3.50. The van der Waals surface area contributed by atoms with Crippen molar-refractivity contribution in [3.05, 3.63) is 48.3 Å². The zero-order chi connectivity index (χ0) is 21.1. The van der Waals surface area contributed by atoms with Gasteiger partial charge in [0.15, 0.2) is 17.3 Å². The summed E-state index contributed by atoms with van der Waals surface area (Å²) in [4.78, 5) is 18.9. The number of hydrogen-bond donors (Lipinski definition) is 0. The summed E-state index contributed by atoms with van der Waals surface area (Å²) in [7, 11) is 3.14. The smallest absolute Gasteiger partial charge is 0.257 e. The van der Waals surface area contributed by atoms with Crippen LogP contribution in [-0.2, 0) is 4.79 Å². The number of aromatic nitrogens is 2. The number of hydrogen-bond acceptors (Lipinski definition) is 7. The van der Waals surface area contributed by atoms with E-state index in [4.69, 9.17) is 18.7 Å². The van der Waals surface area contributed by atoms with Crippen LogP contribution in [0.4, 0.5) is 5.69 Å². The van der Waals surface area contributed by atoms with Crippen molar-refractivity contribution in [2.24, 2.45) is 0 Å². The molecule has 0 spiro atoms. The van der Waals surface area contributed by atoms with Crippen molar-refractivity contribution in [2.75, 3.05) is 32.3 Å². The van der Waals surface area contributed by atoms with Crippen LogP contribution in [0.5, 0.6) is 17.2 Å². The number of carbonyl (C=O) groups excluding carboxylic acids is 1. The molecule has 1 amide bonds. The van der Waals surface area contributed by atoms with Crippen molar-refractivity contribution in [1.29, 1.82) is 0 Å². The predicted molar refractivity (Wildman–Crippen MR) is 110 cm³/mol. The van der Waals surface area contributed by atoms with E-state index in [0.29, 0.717) is 42.8 Å². The summed E-state index contributed by atoms with van der Waals surface area (Å²) in [5.41, 5.74) is 1.55. The van der Waals surface area contributed by atoms with E-state index in [1.165, 1.54) is 0 Å². The van der Waals surface area contributed by atoms with Crippen molar-refractivity contribution >= 4 is 11.6 Å². The predicted octanol–water partition coefficient (Wildman–Crippen LogP) is 3.67. The van der Waals surface area contributed by atoms with Gasteiger partial charge in [0.2, 0.25) is 5.91 Å². The number of benzene rings is 2. The van der Waals surface area contributed by atoms with Gasteiger partial charge in [0, 0.05) is 36.2 Å². The van der Waals surface area contributed by atoms with Gasteiger partial charge in [0.1, 0.15) is 5.75 Å². The maximum Gasteiger partial charge on any atom is 0.257 e. The van der Waals surface area contributed by atoms with Gasteiger partial charge in [0.05, 0.1) is 20.8 Å². The molecule has 1 aliphatic rings. The SMILES string of the molecule is CCOc1ccc(-c2nc(C3CC(=O)N(c4ccc(OC)c(OC)c4)C3)no2)cc1. The van der Waals surface area contributed by atoms with Gasteiger partial charge in [-0.3, -0.25) is 4.79 Å². The van der Waals surface area contributed by atoms with E-state index >= 15 is 0 Å². The first-order valence-electron chi connectivity index (χ1n) is 9.72. The summed E-state index contributed by atoms with van der Waals surface area (Å²) in [6, 6.07) is 12.9. The minimum Gasteiger partial charge on any atom is -0.494 e. The zero-order valence-corrected chi connectivity index (χ0v) is 17.1. The Hall–Kier alpha value is -3.55. The molecule has 0 radical (unpaired) electrons. The minimum absolute atomic E-state index is 0.000336. The number of rotatable bonds is 7. The van der Waals surface area contributed by atoms with Crippen molar-refractivity contribution in [2.45, 2.75) is 19.3 Å². The molecule has 0 N–H and O–H groups in total. The Labute approximate surface area is 174 Å². The van der Waals surface area contributed by atoms with Gasteiger partial charge in [-0.15, -0.1) is 0 Å². The Morgan fingerprint density at radius 2 is 1.87 bits per heavy atom. The molecule has 8 heteroatoms. The van der Waals surface area contributed by atoms with Crippen molar-refractivity contribution in [3.63, 3.8) is 0 Å². The molecule has 2 heterocycles. The van der Waals surface area contributed by atoms with Gasteiger partial charge in [0.25, 0.3) is 5.89 Å². The molecular formula is C22H23N3O5. The standard InChI is InChI=1S/C22H23N3O5/c1-4-29-17-8-5-14(6-9-17)22-23-21(24-30-22)15-11-20(26)25(13-15)16-7-10-18(27-2)19(12-16)28-3/h5-10,12,15H,4,11,13H2,1-3H3. The third kappa shape index (κ3) is 3.80. The Morgan fingerprint density at radius 1 is 1.10 bits per heavy atom. The summed E-state index contributed by atoms with van der Waals surface area (Å²) >= 11 is 0. The van der Waals surface area contributed by atoms with E-state index in [1.807, 2.05) is 37.3 Å². The van der Waals surface area contributed by atoms with Crippen LogP contribution in [0.25, 0.3) is 11.5 Å². The lowest BCUT2D eigenvalue weighted by atomic mass is 10.1. The Balaban J connectivity index is 1.51. The maximum absolute atomic E-state index is 12.6. The number of nitrogens with zero attached hydrogens (tertiary/aromatic N) is 3. The first-order chi connectivity index (χ1) is 14.6. The summed E-state index contributed by atoms with van der Waals surface area (Å²) in [6.07, 6.45) is 0.316. The van der Waals surface area contributed by atoms with E-state index in [-0.39, 0.29) is 11.8 Å². The molecule has 8 nitrogen and oxygen atoms in total. The second-order valence-corrected chi connectivity index (χ2v) is 6.86. The Kier molecular flexibility index (Phi) is 5.56. The number of methoxy groups -OCH3 is 2. The van der Waals surface area contributed by atoms with Crippen LogP contribution >= 0.6 is 0 Å². The van der Waals surface area contributed by atoms with Crippen LogP contribution in [0.2, 0.25) is 0 Å². The lowest BCUT2D eigenvalue weighted by Crippen LogP contribution is -2.24. The summed E-state index contributed by atoms with van der Waals surface area (Å²) in [5, 5.41) is 4.12. The van der Waals surface area contributed by atoms with Crippen LogP contribution < -0.4 is 19.1 Å². The van der Waals surface area contributed by atoms with Gasteiger partial charge in [-0.25, -0.2) is 0 Å². The largest absolute Gasteiger partial charge is 0.494 e. The minimum atomic E-state index is -0.147. The quantitative estimate of drug-likeness (QED) is 0.588. The number of carbonyl (C=O) groups is 1. The Morgan fingerprint density at radius 3 is 2.57 bits per heavy atom. The summed E-state index contributed by atoms with van der Waals surface area (Å²) in [5.74, 6) is 2.77. The van der Waals surface area contributed by atoms with Crippen LogP contribution in [0, 0.1) is 0 Å². The van der Waals surface area contributed by atoms with E-state index in [2.05, 4.69) is 10.1 Å². The molecule has 2 aromatic carbocycles. The number of amides is 1. The molecular weight excluding hydrogens is 386 g/mol. The molecule has 4 rings (SSSR count). The first-order valence-corrected chi connectivity index (χ1v) is 9.72.